The summed E-state index contributed by atoms with van der Waals surface area (Å²) in [4.78, 5) is 2.11. The SMILES string of the molecule is CS(=O)(=O)OC1CCCN(c2ccn(C(c3ccccc3)(c3ccccc3)c3ccccc3)n2)C1. The Kier molecular flexibility index (Phi) is 6.45. The van der Waals surface area contributed by atoms with Gasteiger partial charge in [-0.2, -0.15) is 13.5 Å². The van der Waals surface area contributed by atoms with Gasteiger partial charge >= 0.3 is 0 Å². The normalized spacial score (nSPS) is 16.8. The summed E-state index contributed by atoms with van der Waals surface area (Å²) in [5, 5.41) is 5.10. The Balaban J connectivity index is 1.63. The van der Waals surface area contributed by atoms with Gasteiger partial charge in [-0.1, -0.05) is 91.0 Å². The van der Waals surface area contributed by atoms with Gasteiger partial charge in [0.25, 0.3) is 10.1 Å². The first-order valence-corrected chi connectivity index (χ1v) is 13.6. The minimum atomic E-state index is -3.51. The van der Waals surface area contributed by atoms with Gasteiger partial charge < -0.3 is 4.90 Å². The van der Waals surface area contributed by atoms with E-state index in [0.29, 0.717) is 13.0 Å². The largest absolute Gasteiger partial charge is 0.352 e. The van der Waals surface area contributed by atoms with Gasteiger partial charge in [0.05, 0.1) is 12.4 Å². The molecule has 2 heterocycles. The number of hydrogen-bond donors (Lipinski definition) is 0. The van der Waals surface area contributed by atoms with Crippen molar-refractivity contribution in [3.63, 3.8) is 0 Å². The summed E-state index contributed by atoms with van der Waals surface area (Å²) < 4.78 is 30.7. The number of piperidine rings is 1. The molecule has 35 heavy (non-hydrogen) atoms. The summed E-state index contributed by atoms with van der Waals surface area (Å²) in [6, 6.07) is 33.2. The molecule has 5 rings (SSSR count). The van der Waals surface area contributed by atoms with Gasteiger partial charge in [0, 0.05) is 25.4 Å². The molecule has 0 N–H and O–H groups in total. The maximum atomic E-state index is 11.7. The van der Waals surface area contributed by atoms with Crippen LogP contribution in [0.5, 0.6) is 0 Å². The van der Waals surface area contributed by atoms with Crippen LogP contribution >= 0.6 is 0 Å². The van der Waals surface area contributed by atoms with Crippen LogP contribution in [0.2, 0.25) is 0 Å². The lowest BCUT2D eigenvalue weighted by atomic mass is 9.77. The molecular weight excluding hydrogens is 458 g/mol. The number of hydrogen-bond acceptors (Lipinski definition) is 5. The summed E-state index contributed by atoms with van der Waals surface area (Å²) in [5.41, 5.74) is 2.62. The molecule has 3 aromatic carbocycles. The maximum Gasteiger partial charge on any atom is 0.264 e. The lowest BCUT2D eigenvalue weighted by Gasteiger charge is -2.37. The zero-order valence-corrected chi connectivity index (χ0v) is 20.5. The molecule has 6 nitrogen and oxygen atoms in total. The van der Waals surface area contributed by atoms with E-state index in [0.717, 1.165) is 41.7 Å². The van der Waals surface area contributed by atoms with Crippen LogP contribution in [0.1, 0.15) is 29.5 Å². The molecule has 0 radical (unpaired) electrons. The second kappa shape index (κ2) is 9.68. The number of anilines is 1. The summed E-state index contributed by atoms with van der Waals surface area (Å²) >= 11 is 0. The fraction of sp³-hybridized carbons (Fsp3) is 0.250. The molecule has 0 aliphatic carbocycles. The zero-order valence-electron chi connectivity index (χ0n) is 19.7. The minimum Gasteiger partial charge on any atom is -0.352 e. The molecule has 0 amide bonds. The highest BCUT2D eigenvalue weighted by atomic mass is 32.2. The van der Waals surface area contributed by atoms with Crippen LogP contribution in [0.3, 0.4) is 0 Å². The molecule has 1 aliphatic rings. The summed E-state index contributed by atoms with van der Waals surface area (Å²) in [7, 11) is -3.51. The predicted octanol–water partition coefficient (Wildman–Crippen LogP) is 4.67. The summed E-state index contributed by atoms with van der Waals surface area (Å²) in [5.74, 6) is 0.805. The van der Waals surface area contributed by atoms with Crippen molar-refractivity contribution in [3.05, 3.63) is 120 Å². The molecule has 1 aromatic heterocycles. The molecule has 7 heteroatoms. The van der Waals surface area contributed by atoms with Crippen LogP contribution in [0, 0.1) is 0 Å². The summed E-state index contributed by atoms with van der Waals surface area (Å²) in [6.45, 7) is 1.29. The molecular formula is C28H29N3O3S. The van der Waals surface area contributed by atoms with E-state index in [9.17, 15) is 8.42 Å². The molecule has 4 aromatic rings. The first-order chi connectivity index (χ1) is 17.0. The van der Waals surface area contributed by atoms with Crippen LogP contribution < -0.4 is 4.90 Å². The van der Waals surface area contributed by atoms with Gasteiger partial charge in [-0.05, 0) is 29.5 Å². The maximum absolute atomic E-state index is 11.7. The molecule has 1 aliphatic heterocycles. The molecule has 180 valence electrons. The Bertz CT molecular complexity index is 1260. The average Bonchev–Trinajstić information content (AvgIpc) is 3.36. The van der Waals surface area contributed by atoms with E-state index >= 15 is 0 Å². The smallest absolute Gasteiger partial charge is 0.264 e. The first-order valence-electron chi connectivity index (χ1n) is 11.8. The summed E-state index contributed by atoms with van der Waals surface area (Å²) in [6.07, 6.45) is 4.31. The van der Waals surface area contributed by atoms with Crippen molar-refractivity contribution in [2.45, 2.75) is 24.5 Å². The Hall–Kier alpha value is -3.42. The number of rotatable bonds is 7. The van der Waals surface area contributed by atoms with Crippen LogP contribution in [-0.4, -0.2) is 43.6 Å². The zero-order chi connectivity index (χ0) is 24.3. The third kappa shape index (κ3) is 4.74. The van der Waals surface area contributed by atoms with Crippen LogP contribution in [-0.2, 0) is 19.8 Å². The lowest BCUT2D eigenvalue weighted by molar-refractivity contribution is 0.188. The van der Waals surface area contributed by atoms with Gasteiger partial charge in [0.2, 0.25) is 0 Å². The van der Waals surface area contributed by atoms with Crippen molar-refractivity contribution in [1.29, 1.82) is 0 Å². The number of nitrogens with zero attached hydrogens (tertiary/aromatic N) is 3. The van der Waals surface area contributed by atoms with Gasteiger partial charge in [-0.25, -0.2) is 0 Å². The van der Waals surface area contributed by atoms with Gasteiger partial charge in [0.1, 0.15) is 5.54 Å². The topological polar surface area (TPSA) is 64.4 Å². The van der Waals surface area contributed by atoms with E-state index in [-0.39, 0.29) is 6.10 Å². The molecule has 1 atom stereocenters. The van der Waals surface area contributed by atoms with Crippen LogP contribution in [0.25, 0.3) is 0 Å². The second-order valence-corrected chi connectivity index (χ2v) is 10.5. The molecule has 0 spiro atoms. The van der Waals surface area contributed by atoms with Crippen molar-refractivity contribution in [2.75, 3.05) is 24.2 Å². The van der Waals surface area contributed by atoms with Crippen molar-refractivity contribution < 1.29 is 12.6 Å². The minimum absolute atomic E-state index is 0.369. The standard InChI is InChI=1S/C28H29N3O3S/c1-35(32,33)34-26-18-11-20-30(22-26)27-19-21-31(29-27)28(23-12-5-2-6-13-23,24-14-7-3-8-15-24)25-16-9-4-10-17-25/h2-10,12-17,19,21,26H,11,18,20,22H2,1H3. The molecule has 1 saturated heterocycles. The molecule has 1 unspecified atom stereocenters. The van der Waals surface area contributed by atoms with Crippen molar-refractivity contribution in [1.82, 2.24) is 9.78 Å². The third-order valence-corrected chi connectivity index (χ3v) is 7.13. The highest BCUT2D eigenvalue weighted by molar-refractivity contribution is 7.86. The Morgan fingerprint density at radius 1 is 0.829 bits per heavy atom. The van der Waals surface area contributed by atoms with Crippen molar-refractivity contribution >= 4 is 15.9 Å². The van der Waals surface area contributed by atoms with E-state index in [2.05, 4.69) is 77.7 Å². The van der Waals surface area contributed by atoms with Crippen LogP contribution in [0.4, 0.5) is 5.82 Å². The van der Waals surface area contributed by atoms with E-state index in [1.54, 1.807) is 0 Å². The van der Waals surface area contributed by atoms with Gasteiger partial charge in [-0.15, -0.1) is 0 Å². The molecule has 0 bridgehead atoms. The monoisotopic (exact) mass is 487 g/mol. The van der Waals surface area contributed by atoms with E-state index in [1.165, 1.54) is 0 Å². The Morgan fingerprint density at radius 2 is 1.34 bits per heavy atom. The second-order valence-electron chi connectivity index (χ2n) is 8.94. The van der Waals surface area contributed by atoms with E-state index < -0.39 is 15.7 Å². The van der Waals surface area contributed by atoms with Crippen LogP contribution in [0.15, 0.2) is 103 Å². The molecule has 0 saturated carbocycles. The highest BCUT2D eigenvalue weighted by Gasteiger charge is 2.39. The highest BCUT2D eigenvalue weighted by Crippen LogP contribution is 2.40. The third-order valence-electron chi connectivity index (χ3n) is 6.51. The Labute approximate surface area is 206 Å². The lowest BCUT2D eigenvalue weighted by Crippen LogP contribution is -2.41. The van der Waals surface area contributed by atoms with Crippen molar-refractivity contribution in [2.24, 2.45) is 0 Å². The predicted molar refractivity (Wildman–Crippen MR) is 138 cm³/mol. The fourth-order valence-electron chi connectivity index (χ4n) is 5.08. The number of benzene rings is 3. The quantitative estimate of drug-likeness (QED) is 0.280. The van der Waals surface area contributed by atoms with E-state index in [1.807, 2.05) is 35.1 Å². The number of aromatic nitrogens is 2. The van der Waals surface area contributed by atoms with Gasteiger partial charge in [0.15, 0.2) is 5.82 Å². The fourth-order valence-corrected chi connectivity index (χ4v) is 5.73. The first kappa shape index (κ1) is 23.3. The van der Waals surface area contributed by atoms with Crippen molar-refractivity contribution in [3.8, 4) is 0 Å². The molecule has 1 fully saturated rings. The Morgan fingerprint density at radius 3 is 1.83 bits per heavy atom. The van der Waals surface area contributed by atoms with Gasteiger partial charge in [-0.3, -0.25) is 8.86 Å². The van der Waals surface area contributed by atoms with E-state index in [4.69, 9.17) is 9.28 Å². The average molecular weight is 488 g/mol.